The van der Waals surface area contributed by atoms with E-state index >= 15 is 0 Å². The van der Waals surface area contributed by atoms with E-state index in [1.807, 2.05) is 30.3 Å². The molecule has 1 saturated carbocycles. The fraction of sp³-hybridized carbons (Fsp3) is 0.625. The predicted octanol–water partition coefficient (Wildman–Crippen LogP) is -0.904. The molecule has 1 spiro atoms. The first-order valence-corrected chi connectivity index (χ1v) is 32.0. The summed E-state index contributed by atoms with van der Waals surface area (Å²) in [6.45, 7) is 14.5. The van der Waals surface area contributed by atoms with Crippen LogP contribution in [0.25, 0.3) is 0 Å². The second-order valence-corrected chi connectivity index (χ2v) is 24.5. The molecule has 93 heavy (non-hydrogen) atoms. The summed E-state index contributed by atoms with van der Waals surface area (Å²) in [6.07, 6.45) is -0.234. The van der Waals surface area contributed by atoms with Crippen LogP contribution in [0.3, 0.4) is 0 Å². The van der Waals surface area contributed by atoms with Crippen LogP contribution < -0.4 is 69.5 Å². The standard InChI is InChI=1S/C64H98FN13O15/c1-12-33(5)48(74-55(84)44(67-11)29-39-19-17-16-18-20-39)58(87)71-45(31-79)56(85)70-43(25-26-47(66)81)54(83)73-50(35(7)14-3)60(89)75-49(34(6)13-2)59(88)72-46(32-80)57(86)76-52-38(10)93-62(91)51(36(8)15-4)77-63(92)64(78-53(82)37(9)69-61(52)90)30-40(64)27-28-68-42-23-21-41(65)22-24-42/h16-24,33-38,40,43-46,48-52,67-68,79-80H,12-15,25-32H2,1-11H3,(H2,66,81)(H,69,90)(H,70,85)(H,71,87)(H,72,88)(H,73,83)(H,74,84)(H,75,89)(H,76,86)(H,77,92)(H,78,82)/t33-,34-,35-,36-,37-,38-,40?,43+,44+,45-,46-,48-,49-,50+,51-,52+,64?/m0/s1. The van der Waals surface area contributed by atoms with Gasteiger partial charge in [-0.1, -0.05) is 111 Å². The molecule has 28 nitrogen and oxygen atoms in total. The smallest absolute Gasteiger partial charge is 0.329 e. The number of aliphatic hydroxyl groups is 2. The summed E-state index contributed by atoms with van der Waals surface area (Å²) in [4.78, 5) is 167. The molecule has 2 unspecified atom stereocenters. The van der Waals surface area contributed by atoms with Gasteiger partial charge in [-0.05, 0) is 106 Å². The number of anilines is 1. The van der Waals surface area contributed by atoms with Gasteiger partial charge in [0.25, 0.3) is 0 Å². The zero-order valence-electron chi connectivity index (χ0n) is 55.1. The van der Waals surface area contributed by atoms with Crippen LogP contribution >= 0.6 is 0 Å². The molecule has 11 amide bonds. The molecule has 2 aromatic carbocycles. The number of benzene rings is 2. The third-order valence-electron chi connectivity index (χ3n) is 17.7. The fourth-order valence-corrected chi connectivity index (χ4v) is 10.5. The Balaban J connectivity index is 1.51. The van der Waals surface area contributed by atoms with Crippen molar-refractivity contribution in [1.82, 2.24) is 58.5 Å². The largest absolute Gasteiger partial charge is 0.458 e. The molecule has 516 valence electrons. The van der Waals surface area contributed by atoms with E-state index in [2.05, 4.69) is 63.8 Å². The van der Waals surface area contributed by atoms with E-state index in [4.69, 9.17) is 10.5 Å². The zero-order valence-corrected chi connectivity index (χ0v) is 55.1. The highest BCUT2D eigenvalue weighted by Gasteiger charge is 2.61. The van der Waals surface area contributed by atoms with Crippen LogP contribution in [-0.4, -0.2) is 180 Å². The Kier molecular flexibility index (Phi) is 30.5. The third-order valence-corrected chi connectivity index (χ3v) is 17.7. The maximum atomic E-state index is 14.5. The summed E-state index contributed by atoms with van der Waals surface area (Å²) >= 11 is 0. The van der Waals surface area contributed by atoms with Crippen molar-refractivity contribution in [3.63, 3.8) is 0 Å². The molecule has 0 aromatic heterocycles. The number of halogens is 1. The van der Waals surface area contributed by atoms with E-state index in [0.29, 0.717) is 37.9 Å². The Morgan fingerprint density at radius 3 is 1.65 bits per heavy atom. The number of nitrogens with two attached hydrogens (primary N) is 1. The average Bonchev–Trinajstić information content (AvgIpc) is 1.58. The number of carbonyl (C=O) groups is 12. The Morgan fingerprint density at radius 2 is 1.14 bits per heavy atom. The highest BCUT2D eigenvalue weighted by molar-refractivity contribution is 6.01. The molecule has 2 aromatic rings. The first-order valence-electron chi connectivity index (χ1n) is 32.0. The van der Waals surface area contributed by atoms with Gasteiger partial charge in [0.05, 0.1) is 19.3 Å². The monoisotopic (exact) mass is 1310 g/mol. The summed E-state index contributed by atoms with van der Waals surface area (Å²) < 4.78 is 19.3. The maximum Gasteiger partial charge on any atom is 0.329 e. The number of carbonyl (C=O) groups excluding carboxylic acids is 12. The molecule has 2 fully saturated rings. The minimum absolute atomic E-state index is 0.178. The van der Waals surface area contributed by atoms with Crippen molar-refractivity contribution in [2.75, 3.05) is 32.1 Å². The van der Waals surface area contributed by atoms with E-state index in [1.165, 1.54) is 26.0 Å². The Morgan fingerprint density at radius 1 is 0.645 bits per heavy atom. The van der Waals surface area contributed by atoms with Crippen LogP contribution in [0.15, 0.2) is 54.6 Å². The van der Waals surface area contributed by atoms with Gasteiger partial charge in [0.2, 0.25) is 65.0 Å². The molecule has 17 atom stereocenters. The molecule has 1 aliphatic heterocycles. The molecule has 4 rings (SSSR count). The van der Waals surface area contributed by atoms with Crippen molar-refractivity contribution in [1.29, 1.82) is 0 Å². The predicted molar refractivity (Wildman–Crippen MR) is 341 cm³/mol. The van der Waals surface area contributed by atoms with Gasteiger partial charge in [-0.15, -0.1) is 0 Å². The number of esters is 1. The van der Waals surface area contributed by atoms with Crippen molar-refractivity contribution in [3.05, 3.63) is 66.0 Å². The number of ether oxygens (including phenoxy) is 1. The minimum Gasteiger partial charge on any atom is -0.458 e. The minimum atomic E-state index is -1.83. The lowest BCUT2D eigenvalue weighted by Crippen LogP contribution is -2.63. The first-order chi connectivity index (χ1) is 44.0. The van der Waals surface area contributed by atoms with Gasteiger partial charge in [-0.3, -0.25) is 52.7 Å². The molecular formula is C64H98FN13O15. The second kappa shape index (κ2) is 36.8. The van der Waals surface area contributed by atoms with Crippen molar-refractivity contribution >= 4 is 76.6 Å². The SMILES string of the molecule is CC[C@H](C)[C@H](NC(=O)[C@@H](Cc1ccccc1)NC)C(=O)N[C@@H](CO)C(=O)N[C@H](CCC(N)=O)C(=O)N[C@@H](C(=O)N[C@H](C(=O)N[C@@H](CO)C(=O)N[C@H]1C(=O)N[C@@H](C)C(=O)NC2(CC2CCNc2ccc(F)cc2)C(=O)N[C@@H]([C@@H](C)CC)C(=O)O[C@H]1C)[C@@H](C)CC)[C@@H](C)CC. The van der Waals surface area contributed by atoms with E-state index < -0.39 is 204 Å². The molecule has 16 N–H and O–H groups in total. The molecule has 1 saturated heterocycles. The number of hydrogen-bond donors (Lipinski definition) is 15. The van der Waals surface area contributed by atoms with Crippen molar-refractivity contribution in [2.45, 2.75) is 199 Å². The molecule has 2 aliphatic rings. The van der Waals surface area contributed by atoms with Gasteiger partial charge in [0.1, 0.15) is 71.8 Å². The Labute approximate surface area is 542 Å². The average molecular weight is 1310 g/mol. The summed E-state index contributed by atoms with van der Waals surface area (Å²) in [6, 6.07) is 0.469. The highest BCUT2D eigenvalue weighted by Crippen LogP contribution is 2.46. The number of hydrogen-bond acceptors (Lipinski definition) is 17. The topological polar surface area (TPSA) is 425 Å². The van der Waals surface area contributed by atoms with Gasteiger partial charge < -0.3 is 84.5 Å². The van der Waals surface area contributed by atoms with Crippen LogP contribution in [0.1, 0.15) is 126 Å². The van der Waals surface area contributed by atoms with Gasteiger partial charge >= 0.3 is 5.97 Å². The van der Waals surface area contributed by atoms with Crippen molar-refractivity contribution in [3.8, 4) is 0 Å². The first kappa shape index (κ1) is 77.1. The molecule has 1 heterocycles. The van der Waals surface area contributed by atoms with E-state index in [1.54, 1.807) is 74.6 Å². The summed E-state index contributed by atoms with van der Waals surface area (Å²) in [7, 11) is 1.60. The second-order valence-electron chi connectivity index (χ2n) is 24.5. The van der Waals surface area contributed by atoms with E-state index in [0.717, 1.165) is 5.56 Å². The van der Waals surface area contributed by atoms with Gasteiger partial charge in [-0.2, -0.15) is 0 Å². The number of cyclic esters (lactones) is 1. The Hall–Kier alpha value is -8.31. The van der Waals surface area contributed by atoms with Crippen LogP contribution in [0.5, 0.6) is 0 Å². The maximum absolute atomic E-state index is 14.5. The number of nitrogens with one attached hydrogen (secondary N) is 12. The molecule has 29 heteroatoms. The van der Waals surface area contributed by atoms with E-state index in [-0.39, 0.29) is 19.3 Å². The van der Waals surface area contributed by atoms with Crippen LogP contribution in [0.2, 0.25) is 0 Å². The zero-order chi connectivity index (χ0) is 69.4. The lowest BCUT2D eigenvalue weighted by atomic mass is 9.94. The van der Waals surface area contributed by atoms with Crippen LogP contribution in [-0.2, 0) is 68.7 Å². The molecule has 0 radical (unpaired) electrons. The van der Waals surface area contributed by atoms with E-state index in [9.17, 15) is 72.1 Å². The quantitative estimate of drug-likeness (QED) is 0.0378. The molecular weight excluding hydrogens is 1210 g/mol. The van der Waals surface area contributed by atoms with Crippen LogP contribution in [0, 0.1) is 35.4 Å². The van der Waals surface area contributed by atoms with Gasteiger partial charge in [-0.25, -0.2) is 9.18 Å². The lowest BCUT2D eigenvalue weighted by Gasteiger charge is -2.31. The van der Waals surface area contributed by atoms with Gasteiger partial charge in [0.15, 0.2) is 0 Å². The summed E-state index contributed by atoms with van der Waals surface area (Å²) in [5.74, 6) is -14.0. The summed E-state index contributed by atoms with van der Waals surface area (Å²) in [5.41, 5.74) is 5.45. The number of rotatable bonds is 34. The number of aliphatic hydroxyl groups excluding tert-OH is 2. The van der Waals surface area contributed by atoms with Crippen LogP contribution in [0.4, 0.5) is 10.1 Å². The molecule has 1 aliphatic carbocycles. The van der Waals surface area contributed by atoms with Crippen molar-refractivity contribution in [2.24, 2.45) is 35.3 Å². The normalized spacial score (nSPS) is 22.6. The lowest BCUT2D eigenvalue weighted by molar-refractivity contribution is -0.157. The fourth-order valence-electron chi connectivity index (χ4n) is 10.5. The Bertz CT molecular complexity index is 2910. The number of amides is 11. The number of likely N-dealkylation sites (N-methyl/N-ethyl adjacent to an activating group) is 1. The molecule has 0 bridgehead atoms. The van der Waals surface area contributed by atoms with Gasteiger partial charge in [0, 0.05) is 18.7 Å². The third kappa shape index (κ3) is 22.2. The number of primary amides is 1. The van der Waals surface area contributed by atoms with Crippen molar-refractivity contribution < 1.29 is 76.9 Å². The summed E-state index contributed by atoms with van der Waals surface area (Å²) in [5, 5.41) is 53.0. The highest BCUT2D eigenvalue weighted by atomic mass is 19.1.